The number of nitrogens with one attached hydrogen (secondary N) is 1. The number of rotatable bonds is 4. The molecule has 0 radical (unpaired) electrons. The van der Waals surface area contributed by atoms with Crippen molar-refractivity contribution in [3.8, 4) is 5.75 Å². The average Bonchev–Trinajstić information content (AvgIpc) is 2.47. The van der Waals surface area contributed by atoms with Crippen LogP contribution in [0.3, 0.4) is 0 Å². The van der Waals surface area contributed by atoms with E-state index in [1.807, 2.05) is 0 Å². The van der Waals surface area contributed by atoms with Gasteiger partial charge in [-0.1, -0.05) is 6.07 Å². The van der Waals surface area contributed by atoms with Crippen LogP contribution in [0.4, 0.5) is 10.1 Å². The number of hydrogen-bond acceptors (Lipinski definition) is 4. The zero-order valence-electron chi connectivity index (χ0n) is 11.8. The third-order valence-electron chi connectivity index (χ3n) is 2.84. The fourth-order valence-corrected chi connectivity index (χ4v) is 1.75. The maximum atomic E-state index is 12.7. The molecule has 1 amide bonds. The van der Waals surface area contributed by atoms with E-state index in [2.05, 4.69) is 5.32 Å². The summed E-state index contributed by atoms with van der Waals surface area (Å²) in [6, 6.07) is 9.68. The lowest BCUT2D eigenvalue weighted by atomic mass is 10.1. The smallest absolute Gasteiger partial charge is 0.342 e. The molecule has 0 heterocycles. The van der Waals surface area contributed by atoms with Gasteiger partial charge in [-0.05, 0) is 48.9 Å². The van der Waals surface area contributed by atoms with E-state index in [4.69, 9.17) is 4.74 Å². The number of carbonyl (C=O) groups is 2. The fourth-order valence-electron chi connectivity index (χ4n) is 1.75. The zero-order chi connectivity index (χ0) is 16.1. The molecule has 0 saturated carbocycles. The van der Waals surface area contributed by atoms with Gasteiger partial charge in [-0.15, -0.1) is 0 Å². The van der Waals surface area contributed by atoms with Gasteiger partial charge < -0.3 is 15.2 Å². The second kappa shape index (κ2) is 6.71. The molecule has 0 bridgehead atoms. The van der Waals surface area contributed by atoms with Crippen molar-refractivity contribution in [2.45, 2.75) is 6.92 Å². The molecule has 114 valence electrons. The molecule has 22 heavy (non-hydrogen) atoms. The Morgan fingerprint density at radius 2 is 1.86 bits per heavy atom. The third-order valence-corrected chi connectivity index (χ3v) is 2.84. The maximum Gasteiger partial charge on any atom is 0.342 e. The van der Waals surface area contributed by atoms with Gasteiger partial charge in [-0.3, -0.25) is 4.79 Å². The second-order valence-electron chi connectivity index (χ2n) is 4.65. The molecule has 2 aromatic rings. The lowest BCUT2D eigenvalue weighted by Gasteiger charge is -2.08. The van der Waals surface area contributed by atoms with E-state index in [1.165, 1.54) is 36.4 Å². The van der Waals surface area contributed by atoms with Crippen LogP contribution in [0.15, 0.2) is 42.5 Å². The van der Waals surface area contributed by atoms with Crippen molar-refractivity contribution < 1.29 is 23.8 Å². The maximum absolute atomic E-state index is 12.7. The number of benzene rings is 2. The quantitative estimate of drug-likeness (QED) is 0.851. The molecule has 0 spiro atoms. The number of hydrogen-bond donors (Lipinski definition) is 2. The summed E-state index contributed by atoms with van der Waals surface area (Å²) in [4.78, 5) is 23.4. The minimum Gasteiger partial charge on any atom is -0.507 e. The molecule has 2 rings (SSSR count). The molecule has 0 aliphatic carbocycles. The number of carbonyl (C=O) groups excluding carboxylic acids is 2. The summed E-state index contributed by atoms with van der Waals surface area (Å²) >= 11 is 0. The van der Waals surface area contributed by atoms with Crippen LogP contribution in [0.1, 0.15) is 15.9 Å². The predicted molar refractivity (Wildman–Crippen MR) is 78.2 cm³/mol. The number of esters is 1. The van der Waals surface area contributed by atoms with Crippen LogP contribution in [0, 0.1) is 12.7 Å². The molecule has 0 atom stereocenters. The van der Waals surface area contributed by atoms with Gasteiger partial charge >= 0.3 is 5.97 Å². The van der Waals surface area contributed by atoms with Gasteiger partial charge in [0, 0.05) is 5.69 Å². The molecule has 0 aliphatic rings. The minimum absolute atomic E-state index is 0.0137. The Hall–Kier alpha value is -2.89. The first-order chi connectivity index (χ1) is 10.5. The van der Waals surface area contributed by atoms with E-state index in [0.717, 1.165) is 5.56 Å². The molecule has 2 aromatic carbocycles. The highest BCUT2D eigenvalue weighted by atomic mass is 19.1. The van der Waals surface area contributed by atoms with Gasteiger partial charge in [0.1, 0.15) is 17.1 Å². The normalized spacial score (nSPS) is 10.1. The number of ether oxygens (including phenoxy) is 1. The molecule has 0 unspecified atom stereocenters. The molecule has 0 aliphatic heterocycles. The Labute approximate surface area is 126 Å². The Kier molecular flexibility index (Phi) is 4.73. The number of anilines is 1. The third kappa shape index (κ3) is 4.05. The number of aromatic hydroxyl groups is 1. The number of phenols is 1. The van der Waals surface area contributed by atoms with Crippen molar-refractivity contribution in [3.05, 3.63) is 59.4 Å². The Bertz CT molecular complexity index is 698. The first-order valence-electron chi connectivity index (χ1n) is 6.48. The van der Waals surface area contributed by atoms with Crippen molar-refractivity contribution in [2.24, 2.45) is 0 Å². The van der Waals surface area contributed by atoms with Gasteiger partial charge in [-0.2, -0.15) is 0 Å². The van der Waals surface area contributed by atoms with Crippen LogP contribution in [-0.4, -0.2) is 23.6 Å². The summed E-state index contributed by atoms with van der Waals surface area (Å²) in [7, 11) is 0. The van der Waals surface area contributed by atoms with Crippen LogP contribution in [0.5, 0.6) is 5.75 Å². The number of aryl methyl sites for hydroxylation is 1. The predicted octanol–water partition coefficient (Wildman–Crippen LogP) is 2.64. The van der Waals surface area contributed by atoms with Crippen molar-refractivity contribution in [2.75, 3.05) is 11.9 Å². The van der Waals surface area contributed by atoms with Crippen LogP contribution < -0.4 is 5.32 Å². The monoisotopic (exact) mass is 303 g/mol. The Balaban J connectivity index is 1.90. The molecule has 2 N–H and O–H groups in total. The molecule has 0 aromatic heterocycles. The van der Waals surface area contributed by atoms with Crippen LogP contribution in [0.2, 0.25) is 0 Å². The summed E-state index contributed by atoms with van der Waals surface area (Å²) in [5.41, 5.74) is 1.17. The lowest BCUT2D eigenvalue weighted by Crippen LogP contribution is -2.21. The molecule has 5 nitrogen and oxygen atoms in total. The zero-order valence-corrected chi connectivity index (χ0v) is 11.8. The highest BCUT2D eigenvalue weighted by Gasteiger charge is 2.14. The van der Waals surface area contributed by atoms with Crippen molar-refractivity contribution >= 4 is 17.6 Å². The highest BCUT2D eigenvalue weighted by Crippen LogP contribution is 2.19. The fraction of sp³-hybridized carbons (Fsp3) is 0.125. The summed E-state index contributed by atoms with van der Waals surface area (Å²) in [6.07, 6.45) is 0. The van der Waals surface area contributed by atoms with E-state index in [1.54, 1.807) is 13.0 Å². The Morgan fingerprint density at radius 1 is 1.18 bits per heavy atom. The molecule has 0 saturated heterocycles. The SMILES string of the molecule is Cc1ccc(C(=O)OCC(=O)Nc2ccc(F)cc2)c(O)c1. The van der Waals surface area contributed by atoms with Crippen molar-refractivity contribution in [1.82, 2.24) is 0 Å². The summed E-state index contributed by atoms with van der Waals surface area (Å²) < 4.78 is 17.5. The van der Waals surface area contributed by atoms with Crippen molar-refractivity contribution in [1.29, 1.82) is 0 Å². The number of halogens is 1. The topological polar surface area (TPSA) is 75.6 Å². The first-order valence-corrected chi connectivity index (χ1v) is 6.48. The van der Waals surface area contributed by atoms with E-state index in [9.17, 15) is 19.1 Å². The van der Waals surface area contributed by atoms with E-state index in [-0.39, 0.29) is 11.3 Å². The molecule has 6 heteroatoms. The summed E-state index contributed by atoms with van der Waals surface area (Å²) in [6.45, 7) is 1.26. The first kappa shape index (κ1) is 15.5. The molecular formula is C16H14FNO4. The van der Waals surface area contributed by atoms with Gasteiger partial charge in [-0.25, -0.2) is 9.18 Å². The van der Waals surface area contributed by atoms with Gasteiger partial charge in [0.25, 0.3) is 5.91 Å². The standard InChI is InChI=1S/C16H14FNO4/c1-10-2-7-13(14(19)8-10)16(21)22-9-15(20)18-12-5-3-11(17)4-6-12/h2-8,19H,9H2,1H3,(H,18,20). The highest BCUT2D eigenvalue weighted by molar-refractivity contribution is 5.96. The van der Waals surface area contributed by atoms with Crippen LogP contribution in [-0.2, 0) is 9.53 Å². The summed E-state index contributed by atoms with van der Waals surface area (Å²) in [5.74, 6) is -1.98. The number of phenolic OH excluding ortho intramolecular Hbond substituents is 1. The summed E-state index contributed by atoms with van der Waals surface area (Å²) in [5, 5.41) is 12.1. The second-order valence-corrected chi connectivity index (χ2v) is 4.65. The lowest BCUT2D eigenvalue weighted by molar-refractivity contribution is -0.119. The Morgan fingerprint density at radius 3 is 2.50 bits per heavy atom. The molecule has 0 fully saturated rings. The average molecular weight is 303 g/mol. The van der Waals surface area contributed by atoms with E-state index in [0.29, 0.717) is 5.69 Å². The van der Waals surface area contributed by atoms with Crippen LogP contribution >= 0.6 is 0 Å². The van der Waals surface area contributed by atoms with Crippen LogP contribution in [0.25, 0.3) is 0 Å². The van der Waals surface area contributed by atoms with Gasteiger partial charge in [0.05, 0.1) is 0 Å². The number of amides is 1. The minimum atomic E-state index is -0.799. The largest absolute Gasteiger partial charge is 0.507 e. The van der Waals surface area contributed by atoms with E-state index >= 15 is 0 Å². The van der Waals surface area contributed by atoms with Crippen molar-refractivity contribution in [3.63, 3.8) is 0 Å². The van der Waals surface area contributed by atoms with Gasteiger partial charge in [0.2, 0.25) is 0 Å². The van der Waals surface area contributed by atoms with E-state index < -0.39 is 24.3 Å². The van der Waals surface area contributed by atoms with Gasteiger partial charge in [0.15, 0.2) is 6.61 Å². The molecular weight excluding hydrogens is 289 g/mol.